The number of nitrogens with one attached hydrogen (secondary N) is 1. The highest BCUT2D eigenvalue weighted by molar-refractivity contribution is 5.94. The average Bonchev–Trinajstić information content (AvgIpc) is 3.24. The van der Waals surface area contributed by atoms with E-state index in [4.69, 9.17) is 0 Å². The van der Waals surface area contributed by atoms with Crippen LogP contribution in [-0.4, -0.2) is 10.9 Å². The van der Waals surface area contributed by atoms with E-state index in [9.17, 15) is 4.79 Å². The van der Waals surface area contributed by atoms with Crippen LogP contribution in [0, 0.1) is 11.8 Å². The summed E-state index contributed by atoms with van der Waals surface area (Å²) in [7, 11) is 0. The fourth-order valence-electron chi connectivity index (χ4n) is 2.30. The number of pyridine rings is 1. The zero-order valence-corrected chi connectivity index (χ0v) is 12.0. The second-order valence-electron chi connectivity index (χ2n) is 5.52. The summed E-state index contributed by atoms with van der Waals surface area (Å²) in [6, 6.07) is 13.7. The molecule has 2 aromatic rings. The van der Waals surface area contributed by atoms with Crippen molar-refractivity contribution in [2.75, 3.05) is 5.32 Å². The second kappa shape index (κ2) is 5.92. The highest BCUT2D eigenvalue weighted by atomic mass is 16.2. The van der Waals surface area contributed by atoms with Gasteiger partial charge in [-0.3, -0.25) is 9.78 Å². The maximum absolute atomic E-state index is 11.9. The standard InChI is InChI=1S/C18H18N2O/c1-13-11-17(13)18(21)20-16-7-4-5-14(12-16)8-9-15-6-2-3-10-19-15/h2-10,12-13,17H,11H2,1H3,(H,20,21)/b9-8-/t13-,17-/m1/s1. The molecular formula is C18H18N2O. The van der Waals surface area contributed by atoms with E-state index in [0.29, 0.717) is 5.92 Å². The Labute approximate surface area is 124 Å². The van der Waals surface area contributed by atoms with Gasteiger partial charge in [-0.15, -0.1) is 0 Å². The molecule has 1 aliphatic carbocycles. The summed E-state index contributed by atoms with van der Waals surface area (Å²) in [5.74, 6) is 0.850. The first-order valence-electron chi connectivity index (χ1n) is 7.22. The van der Waals surface area contributed by atoms with Crippen molar-refractivity contribution in [3.8, 4) is 0 Å². The number of benzene rings is 1. The van der Waals surface area contributed by atoms with Crippen LogP contribution in [0.5, 0.6) is 0 Å². The minimum Gasteiger partial charge on any atom is -0.326 e. The Morgan fingerprint density at radius 2 is 2.10 bits per heavy atom. The number of carbonyl (C=O) groups is 1. The molecular weight excluding hydrogens is 260 g/mol. The quantitative estimate of drug-likeness (QED) is 0.923. The maximum atomic E-state index is 11.9. The zero-order chi connectivity index (χ0) is 14.7. The molecule has 0 unspecified atom stereocenters. The van der Waals surface area contributed by atoms with Gasteiger partial charge >= 0.3 is 0 Å². The normalized spacial score (nSPS) is 20.4. The number of hydrogen-bond donors (Lipinski definition) is 1. The highest BCUT2D eigenvalue weighted by Gasteiger charge is 2.38. The number of nitrogens with zero attached hydrogens (tertiary/aromatic N) is 1. The number of amides is 1. The van der Waals surface area contributed by atoms with Crippen LogP contribution >= 0.6 is 0 Å². The molecule has 1 aromatic heterocycles. The van der Waals surface area contributed by atoms with Gasteiger partial charge in [-0.2, -0.15) is 0 Å². The van der Waals surface area contributed by atoms with E-state index in [2.05, 4.69) is 17.2 Å². The second-order valence-corrected chi connectivity index (χ2v) is 5.52. The van der Waals surface area contributed by atoms with E-state index >= 15 is 0 Å². The molecule has 1 heterocycles. The molecule has 1 N–H and O–H groups in total. The van der Waals surface area contributed by atoms with Gasteiger partial charge in [0.25, 0.3) is 0 Å². The van der Waals surface area contributed by atoms with E-state index in [1.807, 2.05) is 54.6 Å². The van der Waals surface area contributed by atoms with E-state index in [1.165, 1.54) is 0 Å². The molecule has 0 aliphatic heterocycles. The lowest BCUT2D eigenvalue weighted by Crippen LogP contribution is -2.14. The third-order valence-corrected chi connectivity index (χ3v) is 3.73. The molecule has 1 aliphatic rings. The van der Waals surface area contributed by atoms with E-state index in [1.54, 1.807) is 6.20 Å². The average molecular weight is 278 g/mol. The van der Waals surface area contributed by atoms with E-state index in [0.717, 1.165) is 23.4 Å². The van der Waals surface area contributed by atoms with Gasteiger partial charge in [0.2, 0.25) is 5.91 Å². The summed E-state index contributed by atoms with van der Waals surface area (Å²) < 4.78 is 0. The summed E-state index contributed by atoms with van der Waals surface area (Å²) in [5, 5.41) is 2.98. The fraction of sp³-hybridized carbons (Fsp3) is 0.222. The number of hydrogen-bond acceptors (Lipinski definition) is 2. The summed E-state index contributed by atoms with van der Waals surface area (Å²) in [5.41, 5.74) is 2.81. The molecule has 1 fully saturated rings. The lowest BCUT2D eigenvalue weighted by atomic mass is 10.1. The van der Waals surface area contributed by atoms with Gasteiger partial charge in [0.1, 0.15) is 0 Å². The van der Waals surface area contributed by atoms with Crippen molar-refractivity contribution in [2.24, 2.45) is 11.8 Å². The summed E-state index contributed by atoms with van der Waals surface area (Å²) in [6.45, 7) is 2.11. The predicted molar refractivity (Wildman–Crippen MR) is 85.5 cm³/mol. The summed E-state index contributed by atoms with van der Waals surface area (Å²) in [4.78, 5) is 16.2. The van der Waals surface area contributed by atoms with Crippen LogP contribution in [0.3, 0.4) is 0 Å². The SMILES string of the molecule is C[C@@H]1C[C@H]1C(=O)Nc1cccc(/C=C\c2ccccn2)c1. The summed E-state index contributed by atoms with van der Waals surface area (Å²) in [6.07, 6.45) is 6.74. The van der Waals surface area contributed by atoms with Crippen LogP contribution in [-0.2, 0) is 4.79 Å². The Balaban J connectivity index is 1.68. The lowest BCUT2D eigenvalue weighted by Gasteiger charge is -2.05. The van der Waals surface area contributed by atoms with Gasteiger partial charge in [0.05, 0.1) is 5.69 Å². The molecule has 1 saturated carbocycles. The summed E-state index contributed by atoms with van der Waals surface area (Å²) >= 11 is 0. The number of carbonyl (C=O) groups excluding carboxylic acids is 1. The molecule has 3 rings (SSSR count). The van der Waals surface area contributed by atoms with Crippen molar-refractivity contribution in [3.63, 3.8) is 0 Å². The van der Waals surface area contributed by atoms with Gasteiger partial charge in [0, 0.05) is 17.8 Å². The Morgan fingerprint density at radius 3 is 2.81 bits per heavy atom. The third-order valence-electron chi connectivity index (χ3n) is 3.73. The molecule has 1 aromatic carbocycles. The van der Waals surface area contributed by atoms with E-state index in [-0.39, 0.29) is 11.8 Å². The molecule has 0 saturated heterocycles. The largest absolute Gasteiger partial charge is 0.326 e. The molecule has 3 nitrogen and oxygen atoms in total. The Bertz CT molecular complexity index is 664. The van der Waals surface area contributed by atoms with Gasteiger partial charge in [0.15, 0.2) is 0 Å². The molecule has 2 atom stereocenters. The Hall–Kier alpha value is -2.42. The van der Waals surface area contributed by atoms with E-state index < -0.39 is 0 Å². The lowest BCUT2D eigenvalue weighted by molar-refractivity contribution is -0.117. The van der Waals surface area contributed by atoms with Crippen LogP contribution in [0.4, 0.5) is 5.69 Å². The first-order valence-corrected chi connectivity index (χ1v) is 7.22. The van der Waals surface area contributed by atoms with Gasteiger partial charge in [-0.25, -0.2) is 0 Å². The highest BCUT2D eigenvalue weighted by Crippen LogP contribution is 2.38. The van der Waals surface area contributed by atoms with Gasteiger partial charge in [-0.1, -0.05) is 31.2 Å². The molecule has 1 amide bonds. The maximum Gasteiger partial charge on any atom is 0.227 e. The van der Waals surface area contributed by atoms with Gasteiger partial charge < -0.3 is 5.32 Å². The van der Waals surface area contributed by atoms with Crippen molar-refractivity contribution >= 4 is 23.7 Å². The van der Waals surface area contributed by atoms with Crippen molar-refractivity contribution in [1.82, 2.24) is 4.98 Å². The molecule has 3 heteroatoms. The van der Waals surface area contributed by atoms with Crippen molar-refractivity contribution in [2.45, 2.75) is 13.3 Å². The minimum absolute atomic E-state index is 0.133. The molecule has 0 bridgehead atoms. The number of anilines is 1. The number of rotatable bonds is 4. The van der Waals surface area contributed by atoms with Crippen LogP contribution in [0.25, 0.3) is 12.2 Å². The topological polar surface area (TPSA) is 42.0 Å². The van der Waals surface area contributed by atoms with Crippen molar-refractivity contribution < 1.29 is 4.79 Å². The first-order chi connectivity index (χ1) is 10.2. The fourth-order valence-corrected chi connectivity index (χ4v) is 2.30. The first kappa shape index (κ1) is 13.6. The smallest absolute Gasteiger partial charge is 0.227 e. The molecule has 0 radical (unpaired) electrons. The van der Waals surface area contributed by atoms with Crippen molar-refractivity contribution in [1.29, 1.82) is 0 Å². The molecule has 0 spiro atoms. The van der Waals surface area contributed by atoms with Crippen molar-refractivity contribution in [3.05, 3.63) is 59.9 Å². The van der Waals surface area contributed by atoms with Crippen LogP contribution in [0.15, 0.2) is 48.7 Å². The molecule has 21 heavy (non-hydrogen) atoms. The minimum atomic E-state index is 0.133. The number of aromatic nitrogens is 1. The predicted octanol–water partition coefficient (Wildman–Crippen LogP) is 3.85. The Morgan fingerprint density at radius 1 is 1.24 bits per heavy atom. The van der Waals surface area contributed by atoms with Crippen LogP contribution in [0.2, 0.25) is 0 Å². The monoisotopic (exact) mass is 278 g/mol. The van der Waals surface area contributed by atoms with Crippen LogP contribution < -0.4 is 5.32 Å². The molecule has 106 valence electrons. The Kier molecular flexibility index (Phi) is 3.82. The van der Waals surface area contributed by atoms with Crippen LogP contribution in [0.1, 0.15) is 24.6 Å². The van der Waals surface area contributed by atoms with Gasteiger partial charge in [-0.05, 0) is 48.2 Å². The third kappa shape index (κ3) is 3.57. The zero-order valence-electron chi connectivity index (χ0n) is 12.0.